The van der Waals surface area contributed by atoms with Gasteiger partial charge in [-0.15, -0.1) is 0 Å². The zero-order valence-electron chi connectivity index (χ0n) is 14.8. The van der Waals surface area contributed by atoms with E-state index in [1.807, 2.05) is 18.2 Å². The van der Waals surface area contributed by atoms with E-state index < -0.39 is 0 Å². The summed E-state index contributed by atoms with van der Waals surface area (Å²) >= 11 is 0. The smallest absolute Gasteiger partial charge is 0.258 e. The molecule has 1 aliphatic rings. The number of hydrogen-bond acceptors (Lipinski definition) is 7. The highest BCUT2D eigenvalue weighted by atomic mass is 16.5. The maximum absolute atomic E-state index is 11.5. The van der Waals surface area contributed by atoms with Gasteiger partial charge in [0.2, 0.25) is 11.7 Å². The molecule has 8 nitrogen and oxygen atoms in total. The van der Waals surface area contributed by atoms with Crippen LogP contribution in [-0.4, -0.2) is 28.8 Å². The van der Waals surface area contributed by atoms with E-state index in [-0.39, 0.29) is 5.91 Å². The number of aryl methyl sites for hydroxylation is 1. The van der Waals surface area contributed by atoms with Crippen LogP contribution in [0.25, 0.3) is 22.8 Å². The van der Waals surface area contributed by atoms with Crippen molar-refractivity contribution >= 4 is 23.5 Å². The van der Waals surface area contributed by atoms with Crippen LogP contribution in [0.15, 0.2) is 40.9 Å². The lowest BCUT2D eigenvalue weighted by molar-refractivity contribution is -0.116. The van der Waals surface area contributed by atoms with Gasteiger partial charge in [-0.2, -0.15) is 10.2 Å². The summed E-state index contributed by atoms with van der Waals surface area (Å²) in [5.41, 5.74) is 4.37. The largest absolute Gasteiger partial charge is 0.379 e. The quantitative estimate of drug-likeness (QED) is 0.590. The summed E-state index contributed by atoms with van der Waals surface area (Å²) in [6, 6.07) is 13.0. The number of benzene rings is 2. The summed E-state index contributed by atoms with van der Waals surface area (Å²) in [5.74, 6) is 0.782. The fourth-order valence-corrected chi connectivity index (χ4v) is 3.07. The number of nitriles is 1. The molecule has 1 aliphatic heterocycles. The Hall–Kier alpha value is -3.99. The molecule has 0 fully saturated rings. The molecule has 2 heterocycles. The van der Waals surface area contributed by atoms with Gasteiger partial charge in [0, 0.05) is 36.0 Å². The summed E-state index contributed by atoms with van der Waals surface area (Å²) < 4.78 is 5.39. The zero-order chi connectivity index (χ0) is 19.5. The average molecular weight is 372 g/mol. The number of nitrogens with one attached hydrogen (secondary N) is 3. The summed E-state index contributed by atoms with van der Waals surface area (Å²) in [4.78, 5) is 15.9. The molecule has 0 aliphatic carbocycles. The van der Waals surface area contributed by atoms with Crippen molar-refractivity contribution in [2.24, 2.45) is 0 Å². The first-order valence-electron chi connectivity index (χ1n) is 8.72. The Kier molecular flexibility index (Phi) is 4.56. The number of rotatable bonds is 5. The molecule has 0 atom stereocenters. The Bertz CT molecular complexity index is 1110. The minimum absolute atomic E-state index is 0.0222. The third-order valence-corrected chi connectivity index (χ3v) is 4.47. The minimum atomic E-state index is 0.0222. The first kappa shape index (κ1) is 17.4. The fraction of sp³-hybridized carbons (Fsp3) is 0.150. The van der Waals surface area contributed by atoms with Crippen molar-refractivity contribution < 1.29 is 9.32 Å². The van der Waals surface area contributed by atoms with Gasteiger partial charge < -0.3 is 20.6 Å². The van der Waals surface area contributed by atoms with Crippen molar-refractivity contribution in [2.75, 3.05) is 17.2 Å². The summed E-state index contributed by atoms with van der Waals surface area (Å²) in [6.45, 7) is 0.345. The predicted molar refractivity (Wildman–Crippen MR) is 104 cm³/mol. The Morgan fingerprint density at radius 1 is 1.25 bits per heavy atom. The Morgan fingerprint density at radius 2 is 2.11 bits per heavy atom. The highest BCUT2D eigenvalue weighted by molar-refractivity contribution is 5.94. The van der Waals surface area contributed by atoms with Crippen LogP contribution in [0.5, 0.6) is 0 Å². The zero-order valence-corrected chi connectivity index (χ0v) is 14.8. The molecule has 28 heavy (non-hydrogen) atoms. The molecule has 8 heteroatoms. The first-order chi connectivity index (χ1) is 13.7. The molecule has 1 amide bonds. The van der Waals surface area contributed by atoms with Crippen molar-refractivity contribution in [1.29, 1.82) is 10.7 Å². The van der Waals surface area contributed by atoms with Gasteiger partial charge in [-0.25, -0.2) is 0 Å². The number of carbonyl (C=O) groups excluding carboxylic acids is 1. The van der Waals surface area contributed by atoms with Crippen LogP contribution in [0, 0.1) is 16.7 Å². The summed E-state index contributed by atoms with van der Waals surface area (Å²) in [7, 11) is 0. The van der Waals surface area contributed by atoms with E-state index in [9.17, 15) is 10.1 Å². The maximum Gasteiger partial charge on any atom is 0.258 e. The highest BCUT2D eigenvalue weighted by Gasteiger charge is 2.17. The lowest BCUT2D eigenvalue weighted by Crippen LogP contribution is -2.18. The van der Waals surface area contributed by atoms with Gasteiger partial charge in [0.1, 0.15) is 6.07 Å². The SMILES string of the molecule is N#Cc1cc(-c2nc(-c3ccc4c(c3)CCC(=O)N4)no2)ccc1NCC=N. The fourth-order valence-electron chi connectivity index (χ4n) is 3.07. The van der Waals surface area contributed by atoms with Crippen molar-refractivity contribution in [3.8, 4) is 28.9 Å². The van der Waals surface area contributed by atoms with Crippen LogP contribution in [0.3, 0.4) is 0 Å². The van der Waals surface area contributed by atoms with E-state index in [2.05, 4.69) is 26.8 Å². The van der Waals surface area contributed by atoms with E-state index >= 15 is 0 Å². The molecule has 0 bridgehead atoms. The second-order valence-electron chi connectivity index (χ2n) is 6.30. The monoisotopic (exact) mass is 372 g/mol. The van der Waals surface area contributed by atoms with Crippen LogP contribution in [0.4, 0.5) is 11.4 Å². The summed E-state index contributed by atoms with van der Waals surface area (Å²) in [6.07, 6.45) is 2.36. The van der Waals surface area contributed by atoms with Gasteiger partial charge >= 0.3 is 0 Å². The lowest BCUT2D eigenvalue weighted by atomic mass is 10.0. The lowest BCUT2D eigenvalue weighted by Gasteiger charge is -2.16. The molecule has 0 radical (unpaired) electrons. The standard InChI is InChI=1S/C20H16N6O2/c21-7-8-23-16-4-2-14(10-15(16)11-22)20-25-19(26-28-20)13-1-5-17-12(9-13)3-6-18(27)24-17/h1-2,4-5,7,9-10,21,23H,3,6,8H2,(H,24,27). The minimum Gasteiger partial charge on any atom is -0.379 e. The summed E-state index contributed by atoms with van der Waals surface area (Å²) in [5, 5.41) is 26.3. The van der Waals surface area contributed by atoms with Crippen molar-refractivity contribution in [2.45, 2.75) is 12.8 Å². The number of aromatic nitrogens is 2. The number of amides is 1. The Labute approximate surface area is 160 Å². The second-order valence-corrected chi connectivity index (χ2v) is 6.30. The number of nitrogens with zero attached hydrogens (tertiary/aromatic N) is 3. The van der Waals surface area contributed by atoms with Crippen molar-refractivity contribution in [3.63, 3.8) is 0 Å². The molecular weight excluding hydrogens is 356 g/mol. The van der Waals surface area contributed by atoms with Gasteiger partial charge in [0.05, 0.1) is 11.3 Å². The number of anilines is 2. The highest BCUT2D eigenvalue weighted by Crippen LogP contribution is 2.29. The molecule has 138 valence electrons. The van der Waals surface area contributed by atoms with Crippen LogP contribution < -0.4 is 10.6 Å². The normalized spacial score (nSPS) is 12.6. The molecule has 0 spiro atoms. The molecule has 0 saturated carbocycles. The van der Waals surface area contributed by atoms with Gasteiger partial charge in [-0.1, -0.05) is 5.16 Å². The molecule has 0 unspecified atom stereocenters. The Morgan fingerprint density at radius 3 is 2.93 bits per heavy atom. The van der Waals surface area contributed by atoms with Crippen LogP contribution in [0.1, 0.15) is 17.5 Å². The van der Waals surface area contributed by atoms with Crippen LogP contribution in [0.2, 0.25) is 0 Å². The predicted octanol–water partition coefficient (Wildman–Crippen LogP) is 3.22. The van der Waals surface area contributed by atoms with Crippen LogP contribution >= 0.6 is 0 Å². The topological polar surface area (TPSA) is 128 Å². The molecule has 0 saturated heterocycles. The average Bonchev–Trinajstić information content (AvgIpc) is 3.22. The second kappa shape index (κ2) is 7.32. The molecule has 4 rings (SSSR count). The third kappa shape index (κ3) is 3.33. The van der Waals surface area contributed by atoms with E-state index in [0.29, 0.717) is 47.9 Å². The van der Waals surface area contributed by atoms with Gasteiger partial charge in [0.25, 0.3) is 5.89 Å². The Balaban J connectivity index is 1.62. The molecule has 1 aromatic heterocycles. The van der Waals surface area contributed by atoms with E-state index in [1.54, 1.807) is 18.2 Å². The van der Waals surface area contributed by atoms with Gasteiger partial charge in [0.15, 0.2) is 0 Å². The van der Waals surface area contributed by atoms with Gasteiger partial charge in [-0.05, 0) is 48.4 Å². The van der Waals surface area contributed by atoms with Crippen molar-refractivity contribution in [1.82, 2.24) is 10.1 Å². The van der Waals surface area contributed by atoms with Gasteiger partial charge in [-0.3, -0.25) is 4.79 Å². The maximum atomic E-state index is 11.5. The first-order valence-corrected chi connectivity index (χ1v) is 8.72. The van der Waals surface area contributed by atoms with Crippen molar-refractivity contribution in [3.05, 3.63) is 47.5 Å². The molecule has 3 N–H and O–H groups in total. The van der Waals surface area contributed by atoms with E-state index in [1.165, 1.54) is 6.21 Å². The van der Waals surface area contributed by atoms with E-state index in [0.717, 1.165) is 16.8 Å². The molecular formula is C20H16N6O2. The van der Waals surface area contributed by atoms with Crippen LogP contribution in [-0.2, 0) is 11.2 Å². The number of carbonyl (C=O) groups is 1. The number of hydrogen-bond donors (Lipinski definition) is 3. The van der Waals surface area contributed by atoms with E-state index in [4.69, 9.17) is 9.93 Å². The third-order valence-electron chi connectivity index (χ3n) is 4.47. The molecule has 3 aromatic rings. The number of fused-ring (bicyclic) bond motifs is 1. The molecule has 2 aromatic carbocycles.